The Morgan fingerprint density at radius 2 is 1.83 bits per heavy atom. The topological polar surface area (TPSA) is 59.1 Å². The number of hydrogen-bond acceptors (Lipinski definition) is 5. The van der Waals surface area contributed by atoms with Gasteiger partial charge in [-0.05, 0) is 39.0 Å². The predicted molar refractivity (Wildman–Crippen MR) is 88.4 cm³/mol. The molecule has 0 aromatic heterocycles. The number of benzene rings is 1. The average Bonchev–Trinajstić information content (AvgIpc) is 2.52. The Bertz CT molecular complexity index is 572. The molecule has 0 radical (unpaired) electrons. The SMILES string of the molecule is COc1cc(C=O)ccc1N1CCN(C(=O)OC(C)(C)C)CC1. The molecule has 1 amide bonds. The molecule has 0 spiro atoms. The van der Waals surface area contributed by atoms with Gasteiger partial charge in [-0.25, -0.2) is 4.79 Å². The van der Waals surface area contributed by atoms with E-state index in [0.29, 0.717) is 37.5 Å². The summed E-state index contributed by atoms with van der Waals surface area (Å²) >= 11 is 0. The largest absolute Gasteiger partial charge is 0.495 e. The number of piperazine rings is 1. The Balaban J connectivity index is 2.02. The number of aldehydes is 1. The van der Waals surface area contributed by atoms with Crippen molar-refractivity contribution in [2.75, 3.05) is 38.2 Å². The molecule has 1 heterocycles. The maximum Gasteiger partial charge on any atom is 0.410 e. The Kier molecular flexibility index (Phi) is 5.13. The zero-order valence-corrected chi connectivity index (χ0v) is 14.2. The molecule has 1 saturated heterocycles. The van der Waals surface area contributed by atoms with Crippen LogP contribution >= 0.6 is 0 Å². The average molecular weight is 320 g/mol. The van der Waals surface area contributed by atoms with Crippen molar-refractivity contribution < 1.29 is 19.1 Å². The number of carbonyl (C=O) groups is 2. The fraction of sp³-hybridized carbons (Fsp3) is 0.529. The van der Waals surface area contributed by atoms with E-state index in [9.17, 15) is 9.59 Å². The van der Waals surface area contributed by atoms with Crippen molar-refractivity contribution in [2.45, 2.75) is 26.4 Å². The monoisotopic (exact) mass is 320 g/mol. The Morgan fingerprint density at radius 3 is 2.35 bits per heavy atom. The second-order valence-corrected chi connectivity index (χ2v) is 6.50. The summed E-state index contributed by atoms with van der Waals surface area (Å²) in [6.07, 6.45) is 0.521. The van der Waals surface area contributed by atoms with Gasteiger partial charge in [0.05, 0.1) is 12.8 Å². The maximum absolute atomic E-state index is 12.1. The minimum Gasteiger partial charge on any atom is -0.495 e. The third-order valence-electron chi connectivity index (χ3n) is 3.61. The molecule has 1 aliphatic rings. The van der Waals surface area contributed by atoms with Gasteiger partial charge in [-0.2, -0.15) is 0 Å². The minimum absolute atomic E-state index is 0.277. The lowest BCUT2D eigenvalue weighted by Crippen LogP contribution is -2.50. The van der Waals surface area contributed by atoms with Gasteiger partial charge in [0, 0.05) is 31.7 Å². The van der Waals surface area contributed by atoms with Crippen molar-refractivity contribution >= 4 is 18.1 Å². The van der Waals surface area contributed by atoms with Crippen molar-refractivity contribution in [1.82, 2.24) is 4.90 Å². The Hall–Kier alpha value is -2.24. The van der Waals surface area contributed by atoms with E-state index in [-0.39, 0.29) is 6.09 Å². The van der Waals surface area contributed by atoms with E-state index in [2.05, 4.69) is 4.90 Å². The van der Waals surface area contributed by atoms with Crippen molar-refractivity contribution in [2.24, 2.45) is 0 Å². The summed E-state index contributed by atoms with van der Waals surface area (Å²) in [5.41, 5.74) is 1.03. The molecule has 0 atom stereocenters. The molecule has 1 aliphatic heterocycles. The van der Waals surface area contributed by atoms with Crippen LogP contribution in [0.25, 0.3) is 0 Å². The molecule has 0 saturated carbocycles. The second-order valence-electron chi connectivity index (χ2n) is 6.50. The van der Waals surface area contributed by atoms with Crippen LogP contribution in [0, 0.1) is 0 Å². The zero-order valence-electron chi connectivity index (χ0n) is 14.2. The van der Waals surface area contributed by atoms with Crippen LogP contribution in [-0.4, -0.2) is 56.2 Å². The van der Waals surface area contributed by atoms with Crippen LogP contribution in [0.1, 0.15) is 31.1 Å². The number of hydrogen-bond donors (Lipinski definition) is 0. The van der Waals surface area contributed by atoms with Crippen LogP contribution in [0.4, 0.5) is 10.5 Å². The Labute approximate surface area is 137 Å². The first kappa shape index (κ1) is 17.1. The van der Waals surface area contributed by atoms with Crippen LogP contribution in [0.5, 0.6) is 5.75 Å². The van der Waals surface area contributed by atoms with Gasteiger partial charge in [0.25, 0.3) is 0 Å². The molecule has 0 aliphatic carbocycles. The van der Waals surface area contributed by atoms with E-state index < -0.39 is 5.60 Å². The molecule has 0 N–H and O–H groups in total. The summed E-state index contributed by atoms with van der Waals surface area (Å²) in [5, 5.41) is 0. The minimum atomic E-state index is -0.484. The zero-order chi connectivity index (χ0) is 17.0. The fourth-order valence-corrected chi connectivity index (χ4v) is 2.49. The highest BCUT2D eigenvalue weighted by Crippen LogP contribution is 2.30. The fourth-order valence-electron chi connectivity index (χ4n) is 2.49. The van der Waals surface area contributed by atoms with Crippen LogP contribution < -0.4 is 9.64 Å². The number of carbonyl (C=O) groups excluding carboxylic acids is 2. The molecule has 6 heteroatoms. The number of rotatable bonds is 3. The lowest BCUT2D eigenvalue weighted by Gasteiger charge is -2.37. The van der Waals surface area contributed by atoms with Gasteiger partial charge in [0.15, 0.2) is 0 Å². The third-order valence-corrected chi connectivity index (χ3v) is 3.61. The van der Waals surface area contributed by atoms with Gasteiger partial charge in [-0.3, -0.25) is 4.79 Å². The summed E-state index contributed by atoms with van der Waals surface area (Å²) in [4.78, 5) is 26.8. The summed E-state index contributed by atoms with van der Waals surface area (Å²) in [5.74, 6) is 0.667. The van der Waals surface area contributed by atoms with Crippen molar-refractivity contribution in [1.29, 1.82) is 0 Å². The predicted octanol–water partition coefficient (Wildman–Crippen LogP) is 2.56. The van der Waals surface area contributed by atoms with Crippen LogP contribution in [-0.2, 0) is 4.74 Å². The summed E-state index contributed by atoms with van der Waals surface area (Å²) in [6, 6.07) is 5.37. The molecular weight excluding hydrogens is 296 g/mol. The Morgan fingerprint density at radius 1 is 1.17 bits per heavy atom. The van der Waals surface area contributed by atoms with Crippen molar-refractivity contribution in [3.8, 4) is 5.75 Å². The normalized spacial score (nSPS) is 15.3. The number of methoxy groups -OCH3 is 1. The second kappa shape index (κ2) is 6.89. The van der Waals surface area contributed by atoms with E-state index >= 15 is 0 Å². The van der Waals surface area contributed by atoms with E-state index in [1.54, 1.807) is 24.1 Å². The van der Waals surface area contributed by atoms with E-state index in [1.807, 2.05) is 26.8 Å². The molecule has 2 rings (SSSR count). The molecule has 1 aromatic rings. The molecule has 6 nitrogen and oxygen atoms in total. The highest BCUT2D eigenvalue weighted by atomic mass is 16.6. The smallest absolute Gasteiger partial charge is 0.410 e. The number of amides is 1. The van der Waals surface area contributed by atoms with Crippen molar-refractivity contribution in [3.63, 3.8) is 0 Å². The van der Waals surface area contributed by atoms with Crippen LogP contribution in [0.3, 0.4) is 0 Å². The highest BCUT2D eigenvalue weighted by molar-refractivity contribution is 5.78. The molecule has 0 bridgehead atoms. The quantitative estimate of drug-likeness (QED) is 0.801. The van der Waals surface area contributed by atoms with Gasteiger partial charge in [-0.1, -0.05) is 0 Å². The van der Waals surface area contributed by atoms with Gasteiger partial charge in [0.2, 0.25) is 0 Å². The van der Waals surface area contributed by atoms with Gasteiger partial charge in [0.1, 0.15) is 17.6 Å². The van der Waals surface area contributed by atoms with Gasteiger partial charge in [-0.15, -0.1) is 0 Å². The summed E-state index contributed by atoms with van der Waals surface area (Å²) in [6.45, 7) is 8.15. The van der Waals surface area contributed by atoms with E-state index in [1.165, 1.54) is 0 Å². The first-order chi connectivity index (χ1) is 10.8. The lowest BCUT2D eigenvalue weighted by molar-refractivity contribution is 0.0240. The molecule has 126 valence electrons. The van der Waals surface area contributed by atoms with Crippen LogP contribution in [0.15, 0.2) is 18.2 Å². The number of ether oxygens (including phenoxy) is 2. The highest BCUT2D eigenvalue weighted by Gasteiger charge is 2.26. The number of nitrogens with zero attached hydrogens (tertiary/aromatic N) is 2. The molecule has 1 aromatic carbocycles. The molecule has 1 fully saturated rings. The van der Waals surface area contributed by atoms with Crippen molar-refractivity contribution in [3.05, 3.63) is 23.8 Å². The van der Waals surface area contributed by atoms with E-state index in [0.717, 1.165) is 12.0 Å². The standard InChI is InChI=1S/C17H24N2O4/c1-17(2,3)23-16(21)19-9-7-18(8-10-19)14-6-5-13(12-20)11-15(14)22-4/h5-6,11-12H,7-10H2,1-4H3. The maximum atomic E-state index is 12.1. The first-order valence-corrected chi connectivity index (χ1v) is 7.70. The first-order valence-electron chi connectivity index (χ1n) is 7.70. The molecular formula is C17H24N2O4. The van der Waals surface area contributed by atoms with Gasteiger partial charge >= 0.3 is 6.09 Å². The lowest BCUT2D eigenvalue weighted by atomic mass is 10.1. The third kappa shape index (κ3) is 4.37. The van der Waals surface area contributed by atoms with Crippen LogP contribution in [0.2, 0.25) is 0 Å². The van der Waals surface area contributed by atoms with E-state index in [4.69, 9.17) is 9.47 Å². The summed E-state index contributed by atoms with van der Waals surface area (Å²) < 4.78 is 10.8. The molecule has 0 unspecified atom stereocenters. The number of anilines is 1. The molecule has 23 heavy (non-hydrogen) atoms. The van der Waals surface area contributed by atoms with Gasteiger partial charge < -0.3 is 19.3 Å². The summed E-state index contributed by atoms with van der Waals surface area (Å²) in [7, 11) is 1.59.